The topological polar surface area (TPSA) is 52.6 Å². The van der Waals surface area contributed by atoms with Crippen LogP contribution in [-0.4, -0.2) is 35.5 Å². The predicted molar refractivity (Wildman–Crippen MR) is 119 cm³/mol. The highest BCUT2D eigenvalue weighted by atomic mass is 32.1. The molecule has 5 nitrogen and oxygen atoms in total. The molecular weight excluding hydrogens is 366 g/mol. The number of thiazole rings is 1. The molecule has 0 spiro atoms. The normalized spacial score (nSPS) is 18.2. The van der Waals surface area contributed by atoms with E-state index in [9.17, 15) is 0 Å². The van der Waals surface area contributed by atoms with E-state index in [4.69, 9.17) is 0 Å². The lowest BCUT2D eigenvalue weighted by atomic mass is 10.0. The number of likely N-dealkylation sites (tertiary alicyclic amines) is 1. The van der Waals surface area contributed by atoms with Gasteiger partial charge in [-0.15, -0.1) is 11.3 Å². The number of hydrogen-bond acceptors (Lipinski definition) is 4. The Morgan fingerprint density at radius 1 is 1.18 bits per heavy atom. The molecule has 6 heteroatoms. The van der Waals surface area contributed by atoms with E-state index in [0.29, 0.717) is 12.6 Å². The highest BCUT2D eigenvalue weighted by Crippen LogP contribution is 2.19. The number of aryl methyl sites for hydroxylation is 1. The van der Waals surface area contributed by atoms with Gasteiger partial charge >= 0.3 is 0 Å². The monoisotopic (exact) mass is 399 g/mol. The van der Waals surface area contributed by atoms with Crippen LogP contribution in [0, 0.1) is 0 Å². The first-order chi connectivity index (χ1) is 13.7. The van der Waals surface area contributed by atoms with Crippen LogP contribution < -0.4 is 10.6 Å². The fourth-order valence-corrected chi connectivity index (χ4v) is 4.35. The number of benzene rings is 1. The molecule has 1 unspecified atom stereocenters. The quantitative estimate of drug-likeness (QED) is 0.547. The molecule has 1 aliphatic heterocycles. The van der Waals surface area contributed by atoms with Gasteiger partial charge in [0.05, 0.1) is 6.54 Å². The first-order valence-electron chi connectivity index (χ1n) is 10.4. The lowest BCUT2D eigenvalue weighted by molar-refractivity contribution is 0.152. The second-order valence-corrected chi connectivity index (χ2v) is 8.68. The lowest BCUT2D eigenvalue weighted by Crippen LogP contribution is -2.36. The van der Waals surface area contributed by atoms with Gasteiger partial charge in [0, 0.05) is 37.3 Å². The fourth-order valence-electron chi connectivity index (χ4n) is 3.55. The Balaban J connectivity index is 1.45. The maximum Gasteiger partial charge on any atom is 0.191 e. The molecule has 1 aromatic heterocycles. The van der Waals surface area contributed by atoms with Gasteiger partial charge in [0.1, 0.15) is 5.01 Å². The summed E-state index contributed by atoms with van der Waals surface area (Å²) in [4.78, 5) is 12.7. The SMILES string of the molecule is CCc1cnc(CNC(=NC)NCc2ccc(CN3CCCCC3C)cc2)s1. The average Bonchev–Trinajstić information content (AvgIpc) is 3.19. The highest BCUT2D eigenvalue weighted by molar-refractivity contribution is 7.11. The van der Waals surface area contributed by atoms with E-state index in [-0.39, 0.29) is 0 Å². The minimum absolute atomic E-state index is 0.704. The van der Waals surface area contributed by atoms with Crippen molar-refractivity contribution in [3.8, 4) is 0 Å². The Morgan fingerprint density at radius 2 is 1.93 bits per heavy atom. The number of aromatic nitrogens is 1. The summed E-state index contributed by atoms with van der Waals surface area (Å²) in [5, 5.41) is 7.83. The molecule has 2 N–H and O–H groups in total. The third-order valence-electron chi connectivity index (χ3n) is 5.39. The number of guanidine groups is 1. The number of nitrogens with one attached hydrogen (secondary N) is 2. The standard InChI is InChI=1S/C22H33N5S/c1-4-20-14-24-21(28-20)15-26-22(23-3)25-13-18-8-10-19(11-9-18)16-27-12-6-5-7-17(27)2/h8-11,14,17H,4-7,12-13,15-16H2,1-3H3,(H2,23,25,26). The second kappa shape index (κ2) is 10.6. The zero-order valence-corrected chi connectivity index (χ0v) is 18.2. The first kappa shape index (κ1) is 20.8. The lowest BCUT2D eigenvalue weighted by Gasteiger charge is -2.33. The van der Waals surface area contributed by atoms with Crippen molar-refractivity contribution in [3.63, 3.8) is 0 Å². The van der Waals surface area contributed by atoms with Crippen LogP contribution in [0.15, 0.2) is 35.5 Å². The largest absolute Gasteiger partial charge is 0.352 e. The van der Waals surface area contributed by atoms with Gasteiger partial charge in [-0.25, -0.2) is 4.98 Å². The van der Waals surface area contributed by atoms with Gasteiger partial charge in [-0.1, -0.05) is 37.6 Å². The molecule has 0 radical (unpaired) electrons. The van der Waals surface area contributed by atoms with Gasteiger partial charge in [0.2, 0.25) is 0 Å². The summed E-state index contributed by atoms with van der Waals surface area (Å²) in [7, 11) is 1.80. The smallest absolute Gasteiger partial charge is 0.191 e. The molecule has 1 saturated heterocycles. The maximum atomic E-state index is 4.44. The number of nitrogens with zero attached hydrogens (tertiary/aromatic N) is 3. The van der Waals surface area contributed by atoms with Crippen LogP contribution in [0.3, 0.4) is 0 Å². The van der Waals surface area contributed by atoms with E-state index in [2.05, 4.69) is 63.6 Å². The average molecular weight is 400 g/mol. The molecule has 0 aliphatic carbocycles. The van der Waals surface area contributed by atoms with Gasteiger partial charge < -0.3 is 10.6 Å². The van der Waals surface area contributed by atoms with E-state index in [1.807, 2.05) is 6.20 Å². The van der Waals surface area contributed by atoms with E-state index in [0.717, 1.165) is 30.5 Å². The Morgan fingerprint density at radius 3 is 2.61 bits per heavy atom. The van der Waals surface area contributed by atoms with E-state index in [1.54, 1.807) is 18.4 Å². The minimum Gasteiger partial charge on any atom is -0.352 e. The molecule has 0 bridgehead atoms. The van der Waals surface area contributed by atoms with Gasteiger partial charge in [-0.05, 0) is 43.9 Å². The van der Waals surface area contributed by atoms with Crippen molar-refractivity contribution in [2.75, 3.05) is 13.6 Å². The van der Waals surface area contributed by atoms with Gasteiger partial charge in [0.15, 0.2) is 5.96 Å². The summed E-state index contributed by atoms with van der Waals surface area (Å²) in [6.45, 7) is 8.26. The Bertz CT molecular complexity index is 753. The molecule has 1 fully saturated rings. The molecular formula is C22H33N5S. The molecule has 1 atom stereocenters. The molecule has 152 valence electrons. The number of piperidine rings is 1. The molecule has 2 aromatic rings. The van der Waals surface area contributed by atoms with Crippen LogP contribution in [0.2, 0.25) is 0 Å². The molecule has 3 rings (SSSR count). The minimum atomic E-state index is 0.704. The highest BCUT2D eigenvalue weighted by Gasteiger charge is 2.17. The van der Waals surface area contributed by atoms with Crippen molar-refractivity contribution in [2.45, 2.75) is 65.2 Å². The number of aliphatic imine (C=N–C) groups is 1. The summed E-state index contributed by atoms with van der Waals surface area (Å²) in [5.74, 6) is 0.805. The van der Waals surface area contributed by atoms with Crippen molar-refractivity contribution >= 4 is 17.3 Å². The van der Waals surface area contributed by atoms with Gasteiger partial charge in [-0.3, -0.25) is 9.89 Å². The molecule has 1 aliphatic rings. The third-order valence-corrected chi connectivity index (χ3v) is 6.53. The second-order valence-electron chi connectivity index (χ2n) is 7.48. The van der Waals surface area contributed by atoms with E-state index >= 15 is 0 Å². The molecule has 0 saturated carbocycles. The van der Waals surface area contributed by atoms with Crippen molar-refractivity contribution < 1.29 is 0 Å². The van der Waals surface area contributed by atoms with Crippen LogP contribution in [0.25, 0.3) is 0 Å². The first-order valence-corrected chi connectivity index (χ1v) is 11.2. The summed E-state index contributed by atoms with van der Waals surface area (Å²) < 4.78 is 0. The fraction of sp³-hybridized carbons (Fsp3) is 0.545. The van der Waals surface area contributed by atoms with Crippen molar-refractivity contribution in [2.24, 2.45) is 4.99 Å². The summed E-state index contributed by atoms with van der Waals surface area (Å²) >= 11 is 1.76. The van der Waals surface area contributed by atoms with Crippen molar-refractivity contribution in [1.29, 1.82) is 0 Å². The predicted octanol–water partition coefficient (Wildman–Crippen LogP) is 3.95. The van der Waals surface area contributed by atoms with Gasteiger partial charge in [-0.2, -0.15) is 0 Å². The van der Waals surface area contributed by atoms with Gasteiger partial charge in [0.25, 0.3) is 0 Å². The van der Waals surface area contributed by atoms with E-state index < -0.39 is 0 Å². The number of rotatable bonds is 7. The Labute approximate surface area is 173 Å². The van der Waals surface area contributed by atoms with Crippen LogP contribution in [0.5, 0.6) is 0 Å². The summed E-state index contributed by atoms with van der Waals surface area (Å²) in [5.41, 5.74) is 2.66. The van der Waals surface area contributed by atoms with Crippen LogP contribution in [-0.2, 0) is 26.1 Å². The Kier molecular flexibility index (Phi) is 7.86. The van der Waals surface area contributed by atoms with Crippen LogP contribution >= 0.6 is 11.3 Å². The summed E-state index contributed by atoms with van der Waals surface area (Å²) in [6, 6.07) is 9.67. The molecule has 2 heterocycles. The number of hydrogen-bond donors (Lipinski definition) is 2. The zero-order chi connectivity index (χ0) is 19.8. The van der Waals surface area contributed by atoms with Crippen molar-refractivity contribution in [1.82, 2.24) is 20.5 Å². The molecule has 1 aromatic carbocycles. The zero-order valence-electron chi connectivity index (χ0n) is 17.4. The van der Waals surface area contributed by atoms with E-state index in [1.165, 1.54) is 41.8 Å². The molecule has 0 amide bonds. The Hall–Kier alpha value is -1.92. The van der Waals surface area contributed by atoms with Crippen LogP contribution in [0.4, 0.5) is 0 Å². The van der Waals surface area contributed by atoms with Crippen molar-refractivity contribution in [3.05, 3.63) is 51.5 Å². The third kappa shape index (κ3) is 6.04. The van der Waals surface area contributed by atoms with Crippen LogP contribution in [0.1, 0.15) is 54.1 Å². The summed E-state index contributed by atoms with van der Waals surface area (Å²) in [6.07, 6.45) is 7.04. The molecule has 28 heavy (non-hydrogen) atoms. The maximum absolute atomic E-state index is 4.44.